The van der Waals surface area contributed by atoms with Gasteiger partial charge in [0.05, 0.1) is 18.2 Å². The summed E-state index contributed by atoms with van der Waals surface area (Å²) in [5, 5.41) is 19.3. The average Bonchev–Trinajstić information content (AvgIpc) is 3.04. The first-order chi connectivity index (χ1) is 13.4. The molecule has 0 saturated carbocycles. The lowest BCUT2D eigenvalue weighted by Crippen LogP contribution is -2.41. The maximum Gasteiger partial charge on any atom is 0.337 e. The molecule has 1 saturated heterocycles. The number of halogens is 1. The van der Waals surface area contributed by atoms with E-state index in [4.69, 9.17) is 14.6 Å². The molecule has 1 unspecified atom stereocenters. The summed E-state index contributed by atoms with van der Waals surface area (Å²) in [7, 11) is 1.61. The number of rotatable bonds is 12. The zero-order valence-electron chi connectivity index (χ0n) is 16.9. The smallest absolute Gasteiger partial charge is 0.337 e. The van der Waals surface area contributed by atoms with Crippen LogP contribution in [0.25, 0.3) is 0 Å². The Kier molecular flexibility index (Phi) is 9.05. The number of ether oxygens (including phenoxy) is 2. The largest absolute Gasteiger partial charge is 0.493 e. The molecule has 6 nitrogen and oxygen atoms in total. The van der Waals surface area contributed by atoms with Gasteiger partial charge in [-0.15, -0.1) is 0 Å². The number of unbranched alkanes of at least 4 members (excludes halogenated alkanes) is 5. The molecule has 1 fully saturated rings. The maximum atomic E-state index is 11.2. The Morgan fingerprint density at radius 1 is 1.25 bits per heavy atom. The van der Waals surface area contributed by atoms with Crippen molar-refractivity contribution in [3.8, 4) is 11.5 Å². The summed E-state index contributed by atoms with van der Waals surface area (Å²) in [5.41, 5.74) is -0.674. The molecule has 2 N–H and O–H groups in total. The quantitative estimate of drug-likeness (QED) is 0.457. The van der Waals surface area contributed by atoms with Crippen molar-refractivity contribution in [3.63, 3.8) is 0 Å². The first-order valence-electron chi connectivity index (χ1n) is 10.1. The number of β-amino-alcohol motifs (C(OH)–C–C–N with tert-alkyl or cyclic N) is 1. The normalized spacial score (nSPS) is 19.7. The standard InChI is InChI=1S/C21H32BrNO5/c1-3-4-5-6-7-8-11-28-19-17(22)12-16(13-18(19)27-2)14-23-10-9-21(26,15-23)20(24)25/h12-13,26H,3-11,14-15H2,1-2H3,(H,24,25). The molecular formula is C21H32BrNO5. The molecule has 1 atom stereocenters. The number of carboxylic acid groups (broad SMARTS) is 1. The number of nitrogens with zero attached hydrogens (tertiary/aromatic N) is 1. The van der Waals surface area contributed by atoms with Gasteiger partial charge in [-0.2, -0.15) is 0 Å². The van der Waals surface area contributed by atoms with E-state index in [9.17, 15) is 9.90 Å². The number of hydrogen-bond acceptors (Lipinski definition) is 5. The van der Waals surface area contributed by atoms with Crippen molar-refractivity contribution in [2.75, 3.05) is 26.8 Å². The van der Waals surface area contributed by atoms with E-state index >= 15 is 0 Å². The van der Waals surface area contributed by atoms with Crippen molar-refractivity contribution >= 4 is 21.9 Å². The van der Waals surface area contributed by atoms with Crippen molar-refractivity contribution < 1.29 is 24.5 Å². The van der Waals surface area contributed by atoms with Crippen molar-refractivity contribution in [3.05, 3.63) is 22.2 Å². The van der Waals surface area contributed by atoms with Gasteiger partial charge in [-0.3, -0.25) is 4.90 Å². The Hall–Kier alpha value is -1.31. The van der Waals surface area contributed by atoms with Gasteiger partial charge < -0.3 is 19.7 Å². The van der Waals surface area contributed by atoms with Gasteiger partial charge in [0.1, 0.15) is 0 Å². The Morgan fingerprint density at radius 2 is 1.96 bits per heavy atom. The van der Waals surface area contributed by atoms with Gasteiger partial charge >= 0.3 is 5.97 Å². The van der Waals surface area contributed by atoms with E-state index in [0.717, 1.165) is 16.5 Å². The Morgan fingerprint density at radius 3 is 2.61 bits per heavy atom. The number of aliphatic hydroxyl groups is 1. The fraction of sp³-hybridized carbons (Fsp3) is 0.667. The predicted octanol–water partition coefficient (Wildman–Crippen LogP) is 4.22. The molecule has 158 valence electrons. The van der Waals surface area contributed by atoms with Crippen LogP contribution in [0.5, 0.6) is 11.5 Å². The van der Waals surface area contributed by atoms with Crippen molar-refractivity contribution in [2.45, 2.75) is 64.0 Å². The molecule has 7 heteroatoms. The van der Waals surface area contributed by atoms with Gasteiger partial charge in [-0.05, 0) is 40.0 Å². The highest BCUT2D eigenvalue weighted by atomic mass is 79.9. The molecule has 0 spiro atoms. The van der Waals surface area contributed by atoms with Crippen LogP contribution in [0.4, 0.5) is 0 Å². The predicted molar refractivity (Wildman–Crippen MR) is 112 cm³/mol. The van der Waals surface area contributed by atoms with Gasteiger partial charge in [0, 0.05) is 26.1 Å². The number of hydrogen-bond donors (Lipinski definition) is 2. The first-order valence-corrected chi connectivity index (χ1v) is 10.9. The van der Waals surface area contributed by atoms with Crippen LogP contribution < -0.4 is 9.47 Å². The third-order valence-corrected chi connectivity index (χ3v) is 5.75. The molecule has 1 aliphatic rings. The zero-order chi connectivity index (χ0) is 20.6. The summed E-state index contributed by atoms with van der Waals surface area (Å²) in [6, 6.07) is 3.89. The third kappa shape index (κ3) is 6.36. The van der Waals surface area contributed by atoms with E-state index in [1.54, 1.807) is 7.11 Å². The average molecular weight is 458 g/mol. The molecule has 1 aromatic rings. The molecule has 28 heavy (non-hydrogen) atoms. The van der Waals surface area contributed by atoms with Crippen LogP contribution in [-0.4, -0.2) is 53.5 Å². The van der Waals surface area contributed by atoms with Crippen LogP contribution in [0.2, 0.25) is 0 Å². The summed E-state index contributed by atoms with van der Waals surface area (Å²) in [4.78, 5) is 13.1. The minimum Gasteiger partial charge on any atom is -0.493 e. The van der Waals surface area contributed by atoms with Gasteiger partial charge in [0.2, 0.25) is 0 Å². The monoisotopic (exact) mass is 457 g/mol. The summed E-state index contributed by atoms with van der Waals surface area (Å²) in [6.45, 7) is 4.07. The van der Waals surface area contributed by atoms with E-state index in [1.807, 2.05) is 17.0 Å². The number of carbonyl (C=O) groups is 1. The van der Waals surface area contributed by atoms with Crippen LogP contribution in [0.15, 0.2) is 16.6 Å². The van der Waals surface area contributed by atoms with Crippen molar-refractivity contribution in [1.29, 1.82) is 0 Å². The van der Waals surface area contributed by atoms with Gasteiger partial charge in [0.15, 0.2) is 17.1 Å². The number of benzene rings is 1. The van der Waals surface area contributed by atoms with Crippen LogP contribution in [0.1, 0.15) is 57.4 Å². The fourth-order valence-corrected chi connectivity index (χ4v) is 4.10. The lowest BCUT2D eigenvalue weighted by Gasteiger charge is -2.20. The fourth-order valence-electron chi connectivity index (χ4n) is 3.50. The van der Waals surface area contributed by atoms with Gasteiger partial charge in [0.25, 0.3) is 0 Å². The number of aliphatic carboxylic acids is 1. The lowest BCUT2D eigenvalue weighted by atomic mass is 10.0. The first kappa shape index (κ1) is 23.0. The highest BCUT2D eigenvalue weighted by Crippen LogP contribution is 2.37. The number of carboxylic acids is 1. The molecule has 0 aromatic heterocycles. The zero-order valence-corrected chi connectivity index (χ0v) is 18.5. The van der Waals surface area contributed by atoms with Gasteiger partial charge in [-0.25, -0.2) is 4.79 Å². The third-order valence-electron chi connectivity index (χ3n) is 5.16. The van der Waals surface area contributed by atoms with Crippen LogP contribution in [-0.2, 0) is 11.3 Å². The van der Waals surface area contributed by atoms with Crippen LogP contribution in [0, 0.1) is 0 Å². The van der Waals surface area contributed by atoms with Crippen molar-refractivity contribution in [2.24, 2.45) is 0 Å². The molecule has 0 amide bonds. The maximum absolute atomic E-state index is 11.2. The molecule has 0 radical (unpaired) electrons. The second-order valence-electron chi connectivity index (χ2n) is 7.52. The molecule has 1 aromatic carbocycles. The summed E-state index contributed by atoms with van der Waals surface area (Å²) in [5.74, 6) is 0.193. The molecule has 0 bridgehead atoms. The lowest BCUT2D eigenvalue weighted by molar-refractivity contribution is -0.157. The second-order valence-corrected chi connectivity index (χ2v) is 8.38. The summed E-state index contributed by atoms with van der Waals surface area (Å²) >= 11 is 3.57. The molecule has 1 aliphatic heterocycles. The number of methoxy groups -OCH3 is 1. The Bertz CT molecular complexity index is 654. The number of likely N-dealkylation sites (tertiary alicyclic amines) is 1. The SMILES string of the molecule is CCCCCCCCOc1c(Br)cc(CN2CCC(O)(C(=O)O)C2)cc1OC. The van der Waals surface area contributed by atoms with Crippen LogP contribution in [0.3, 0.4) is 0 Å². The molecule has 0 aliphatic carbocycles. The van der Waals surface area contributed by atoms with E-state index < -0.39 is 11.6 Å². The summed E-state index contributed by atoms with van der Waals surface area (Å²) < 4.78 is 12.3. The molecule has 2 rings (SSSR count). The van der Waals surface area contributed by atoms with E-state index in [0.29, 0.717) is 31.2 Å². The van der Waals surface area contributed by atoms with Crippen LogP contribution >= 0.6 is 15.9 Å². The highest BCUT2D eigenvalue weighted by Gasteiger charge is 2.42. The van der Waals surface area contributed by atoms with Crippen molar-refractivity contribution in [1.82, 2.24) is 4.90 Å². The minimum absolute atomic E-state index is 0.124. The topological polar surface area (TPSA) is 79.2 Å². The van der Waals surface area contributed by atoms with E-state index in [2.05, 4.69) is 22.9 Å². The molecular weight excluding hydrogens is 426 g/mol. The van der Waals surface area contributed by atoms with Gasteiger partial charge in [-0.1, -0.05) is 39.0 Å². The second kappa shape index (κ2) is 11.0. The minimum atomic E-state index is -1.65. The highest BCUT2D eigenvalue weighted by molar-refractivity contribution is 9.10. The summed E-state index contributed by atoms with van der Waals surface area (Å²) in [6.07, 6.45) is 7.49. The Balaban J connectivity index is 1.91. The van der Waals surface area contributed by atoms with E-state index in [-0.39, 0.29) is 13.0 Å². The molecule has 1 heterocycles. The Labute approximate surface area is 176 Å². The van der Waals surface area contributed by atoms with E-state index in [1.165, 1.54) is 32.1 Å².